The SMILES string of the molecule is O[C@H]1Cc2cccc3[nH]cc(c23)C1. The summed E-state index contributed by atoms with van der Waals surface area (Å²) in [4.78, 5) is 3.23. The summed E-state index contributed by atoms with van der Waals surface area (Å²) in [6.07, 6.45) is 3.39. The number of aromatic amines is 1. The lowest BCUT2D eigenvalue weighted by Gasteiger charge is -2.17. The number of hydrogen-bond acceptors (Lipinski definition) is 1. The first-order chi connectivity index (χ1) is 6.34. The molecule has 3 rings (SSSR count). The smallest absolute Gasteiger partial charge is 0.0621 e. The van der Waals surface area contributed by atoms with Crippen LogP contribution in [0.2, 0.25) is 0 Å². The van der Waals surface area contributed by atoms with Crippen LogP contribution < -0.4 is 0 Å². The Labute approximate surface area is 76.2 Å². The second-order valence-electron chi connectivity index (χ2n) is 3.72. The summed E-state index contributed by atoms with van der Waals surface area (Å²) >= 11 is 0. The first-order valence-corrected chi connectivity index (χ1v) is 4.60. The van der Waals surface area contributed by atoms with Gasteiger partial charge in [-0.15, -0.1) is 0 Å². The van der Waals surface area contributed by atoms with Crippen LogP contribution in [0, 0.1) is 0 Å². The molecular formula is C11H11NO. The summed E-state index contributed by atoms with van der Waals surface area (Å²) in [6, 6.07) is 6.22. The van der Waals surface area contributed by atoms with E-state index in [0.717, 1.165) is 12.8 Å². The van der Waals surface area contributed by atoms with Gasteiger partial charge in [-0.3, -0.25) is 0 Å². The van der Waals surface area contributed by atoms with Crippen molar-refractivity contribution in [3.05, 3.63) is 35.5 Å². The molecule has 0 unspecified atom stereocenters. The van der Waals surface area contributed by atoms with Crippen LogP contribution in [-0.4, -0.2) is 16.2 Å². The second-order valence-corrected chi connectivity index (χ2v) is 3.72. The molecule has 2 aromatic rings. The monoisotopic (exact) mass is 173 g/mol. The normalized spacial score (nSPS) is 20.8. The third-order valence-corrected chi connectivity index (χ3v) is 2.78. The van der Waals surface area contributed by atoms with Crippen molar-refractivity contribution in [1.82, 2.24) is 4.98 Å². The molecule has 0 radical (unpaired) electrons. The van der Waals surface area contributed by atoms with Crippen LogP contribution in [0.4, 0.5) is 0 Å². The van der Waals surface area contributed by atoms with E-state index >= 15 is 0 Å². The number of benzene rings is 1. The molecule has 1 atom stereocenters. The van der Waals surface area contributed by atoms with Gasteiger partial charge in [0.25, 0.3) is 0 Å². The van der Waals surface area contributed by atoms with Crippen LogP contribution in [-0.2, 0) is 12.8 Å². The summed E-state index contributed by atoms with van der Waals surface area (Å²) in [5, 5.41) is 10.9. The molecule has 0 spiro atoms. The van der Waals surface area contributed by atoms with Gasteiger partial charge in [-0.25, -0.2) is 0 Å². The predicted octanol–water partition coefficient (Wildman–Crippen LogP) is 1.63. The van der Waals surface area contributed by atoms with Gasteiger partial charge in [-0.1, -0.05) is 12.1 Å². The number of rotatable bonds is 0. The topological polar surface area (TPSA) is 36.0 Å². The fourth-order valence-electron chi connectivity index (χ4n) is 2.25. The molecule has 0 fully saturated rings. The maximum Gasteiger partial charge on any atom is 0.0621 e. The van der Waals surface area contributed by atoms with Crippen LogP contribution in [0.3, 0.4) is 0 Å². The van der Waals surface area contributed by atoms with Gasteiger partial charge in [0.15, 0.2) is 0 Å². The van der Waals surface area contributed by atoms with Crippen molar-refractivity contribution in [1.29, 1.82) is 0 Å². The Morgan fingerprint density at radius 2 is 2.08 bits per heavy atom. The van der Waals surface area contributed by atoms with E-state index < -0.39 is 0 Å². The first-order valence-electron chi connectivity index (χ1n) is 4.60. The largest absolute Gasteiger partial charge is 0.392 e. The highest BCUT2D eigenvalue weighted by molar-refractivity contribution is 5.87. The lowest BCUT2D eigenvalue weighted by Crippen LogP contribution is -2.17. The number of H-pyrrole nitrogens is 1. The molecule has 0 amide bonds. The summed E-state index contributed by atoms with van der Waals surface area (Å²) in [5.74, 6) is 0. The van der Waals surface area contributed by atoms with Crippen molar-refractivity contribution in [2.75, 3.05) is 0 Å². The van der Waals surface area contributed by atoms with Gasteiger partial charge in [0.1, 0.15) is 0 Å². The van der Waals surface area contributed by atoms with Crippen LogP contribution in [0.25, 0.3) is 10.9 Å². The average Bonchev–Trinajstić information content (AvgIpc) is 2.50. The molecule has 1 aliphatic carbocycles. The van der Waals surface area contributed by atoms with Gasteiger partial charge in [0.05, 0.1) is 6.10 Å². The molecule has 1 aromatic heterocycles. The molecule has 0 bridgehead atoms. The Kier molecular flexibility index (Phi) is 1.30. The molecule has 1 heterocycles. The van der Waals surface area contributed by atoms with Crippen molar-refractivity contribution >= 4 is 10.9 Å². The van der Waals surface area contributed by atoms with Gasteiger partial charge in [-0.2, -0.15) is 0 Å². The summed E-state index contributed by atoms with van der Waals surface area (Å²) in [6.45, 7) is 0. The average molecular weight is 173 g/mol. The molecule has 1 aromatic carbocycles. The van der Waals surface area contributed by atoms with Crippen molar-refractivity contribution in [2.45, 2.75) is 18.9 Å². The highest BCUT2D eigenvalue weighted by Crippen LogP contribution is 2.29. The van der Waals surface area contributed by atoms with Crippen LogP contribution in [0.5, 0.6) is 0 Å². The Hall–Kier alpha value is -1.28. The van der Waals surface area contributed by atoms with E-state index in [4.69, 9.17) is 0 Å². The highest BCUT2D eigenvalue weighted by Gasteiger charge is 2.19. The Balaban J connectivity index is 2.38. The van der Waals surface area contributed by atoms with Crippen LogP contribution in [0.1, 0.15) is 11.1 Å². The van der Waals surface area contributed by atoms with E-state index in [-0.39, 0.29) is 6.10 Å². The molecule has 13 heavy (non-hydrogen) atoms. The van der Waals surface area contributed by atoms with Gasteiger partial charge in [-0.05, 0) is 23.6 Å². The number of aliphatic hydroxyl groups is 1. The minimum Gasteiger partial charge on any atom is -0.392 e. The molecule has 1 aliphatic rings. The third-order valence-electron chi connectivity index (χ3n) is 2.78. The number of hydrogen-bond donors (Lipinski definition) is 2. The Bertz CT molecular complexity index is 458. The Morgan fingerprint density at radius 3 is 3.00 bits per heavy atom. The lowest BCUT2D eigenvalue weighted by atomic mass is 9.91. The first kappa shape index (κ1) is 7.15. The van der Waals surface area contributed by atoms with E-state index in [2.05, 4.69) is 17.1 Å². The van der Waals surface area contributed by atoms with Crippen LogP contribution >= 0.6 is 0 Å². The number of aliphatic hydroxyl groups excluding tert-OH is 1. The minimum absolute atomic E-state index is 0.200. The molecule has 2 nitrogen and oxygen atoms in total. The minimum atomic E-state index is -0.200. The van der Waals surface area contributed by atoms with Gasteiger partial charge >= 0.3 is 0 Å². The van der Waals surface area contributed by atoms with Crippen molar-refractivity contribution in [2.24, 2.45) is 0 Å². The zero-order valence-electron chi connectivity index (χ0n) is 7.25. The maximum atomic E-state index is 9.61. The standard InChI is InChI=1S/C11H11NO/c13-9-4-7-2-1-3-10-11(7)8(5-9)6-12-10/h1-3,6,9,12-13H,4-5H2/t9-/m0/s1. The van der Waals surface area contributed by atoms with Crippen molar-refractivity contribution < 1.29 is 5.11 Å². The van der Waals surface area contributed by atoms with E-state index in [1.807, 2.05) is 12.3 Å². The molecule has 0 saturated carbocycles. The van der Waals surface area contributed by atoms with Gasteiger partial charge in [0.2, 0.25) is 0 Å². The predicted molar refractivity (Wildman–Crippen MR) is 51.7 cm³/mol. The van der Waals surface area contributed by atoms with E-state index in [9.17, 15) is 5.11 Å². The van der Waals surface area contributed by atoms with E-state index in [1.54, 1.807) is 0 Å². The lowest BCUT2D eigenvalue weighted by molar-refractivity contribution is 0.173. The fraction of sp³-hybridized carbons (Fsp3) is 0.273. The number of nitrogens with one attached hydrogen (secondary N) is 1. The summed E-state index contributed by atoms with van der Waals surface area (Å²) in [7, 11) is 0. The van der Waals surface area contributed by atoms with Crippen molar-refractivity contribution in [3.63, 3.8) is 0 Å². The molecule has 0 saturated heterocycles. The quantitative estimate of drug-likeness (QED) is 0.624. The van der Waals surface area contributed by atoms with Crippen LogP contribution in [0.15, 0.2) is 24.4 Å². The molecule has 2 heteroatoms. The Morgan fingerprint density at radius 1 is 1.23 bits per heavy atom. The van der Waals surface area contributed by atoms with E-state index in [0.29, 0.717) is 0 Å². The zero-order chi connectivity index (χ0) is 8.84. The third kappa shape index (κ3) is 0.923. The van der Waals surface area contributed by atoms with Gasteiger partial charge < -0.3 is 10.1 Å². The zero-order valence-corrected chi connectivity index (χ0v) is 7.25. The van der Waals surface area contributed by atoms with Gasteiger partial charge in [0, 0.05) is 23.5 Å². The summed E-state index contributed by atoms with van der Waals surface area (Å²) in [5.41, 5.74) is 3.72. The molecule has 0 aliphatic heterocycles. The summed E-state index contributed by atoms with van der Waals surface area (Å²) < 4.78 is 0. The molecule has 66 valence electrons. The maximum absolute atomic E-state index is 9.61. The molecule has 2 N–H and O–H groups in total. The van der Waals surface area contributed by atoms with E-state index in [1.165, 1.54) is 22.0 Å². The number of aromatic nitrogens is 1. The van der Waals surface area contributed by atoms with Crippen molar-refractivity contribution in [3.8, 4) is 0 Å². The highest BCUT2D eigenvalue weighted by atomic mass is 16.3. The molecular weight excluding hydrogens is 162 g/mol. The second kappa shape index (κ2) is 2.36. The fourth-order valence-corrected chi connectivity index (χ4v) is 2.25.